The van der Waals surface area contributed by atoms with Gasteiger partial charge in [-0.1, -0.05) is 24.5 Å². The van der Waals surface area contributed by atoms with Crippen LogP contribution in [-0.2, 0) is 4.74 Å². The second-order valence-corrected chi connectivity index (χ2v) is 5.54. The summed E-state index contributed by atoms with van der Waals surface area (Å²) in [7, 11) is 1.59. The van der Waals surface area contributed by atoms with E-state index >= 15 is 0 Å². The zero-order valence-corrected chi connectivity index (χ0v) is 15.3. The number of aliphatic imine (C=N–C) groups is 1. The predicted molar refractivity (Wildman–Crippen MR) is 103 cm³/mol. The van der Waals surface area contributed by atoms with Crippen molar-refractivity contribution in [1.29, 1.82) is 0 Å². The number of methoxy groups -OCH3 is 1. The molecule has 2 N–H and O–H groups in total. The first-order chi connectivity index (χ1) is 11.9. The fraction of sp³-hybridized carbons (Fsp3) is 0.368. The van der Waals surface area contributed by atoms with Crippen molar-refractivity contribution in [1.82, 2.24) is 10.3 Å². The Morgan fingerprint density at radius 1 is 1.56 bits per heavy atom. The van der Waals surface area contributed by atoms with Gasteiger partial charge in [0.05, 0.1) is 0 Å². The van der Waals surface area contributed by atoms with Crippen LogP contribution < -0.4 is 5.32 Å². The predicted octanol–water partition coefficient (Wildman–Crippen LogP) is 2.18. The molecule has 0 amide bonds. The molecule has 0 spiro atoms. The lowest BCUT2D eigenvalue weighted by Gasteiger charge is -2.24. The first-order valence-corrected chi connectivity index (χ1v) is 7.88. The van der Waals surface area contributed by atoms with Gasteiger partial charge in [-0.25, -0.2) is 10.0 Å². The van der Waals surface area contributed by atoms with E-state index in [0.29, 0.717) is 18.0 Å². The summed E-state index contributed by atoms with van der Waals surface area (Å²) in [4.78, 5) is 4.38. The molecule has 0 aromatic rings. The molecule has 0 radical (unpaired) electrons. The van der Waals surface area contributed by atoms with E-state index in [1.807, 2.05) is 32.9 Å². The number of ether oxygens (including phenoxy) is 1. The van der Waals surface area contributed by atoms with Crippen molar-refractivity contribution < 1.29 is 9.84 Å². The van der Waals surface area contributed by atoms with Crippen LogP contribution in [0.15, 0.2) is 58.1 Å². The fourth-order valence-electron chi connectivity index (χ4n) is 2.13. The molecule has 0 bridgehead atoms. The highest BCUT2D eigenvalue weighted by Crippen LogP contribution is 2.19. The van der Waals surface area contributed by atoms with E-state index in [1.54, 1.807) is 24.3 Å². The number of aliphatic hydroxyl groups is 1. The van der Waals surface area contributed by atoms with Gasteiger partial charge in [0.15, 0.2) is 5.82 Å². The molecule has 2 unspecified atom stereocenters. The lowest BCUT2D eigenvalue weighted by Crippen LogP contribution is -2.35. The minimum atomic E-state index is -0.894. The minimum absolute atomic E-state index is 0.0942. The summed E-state index contributed by atoms with van der Waals surface area (Å²) in [5, 5.41) is 18.8. The maximum Gasteiger partial charge on any atom is 0.153 e. The maximum atomic E-state index is 10.2. The van der Waals surface area contributed by atoms with E-state index in [4.69, 9.17) is 4.74 Å². The molecule has 0 saturated heterocycles. The van der Waals surface area contributed by atoms with Gasteiger partial charge < -0.3 is 9.84 Å². The Labute approximate surface area is 150 Å². The third-order valence-electron chi connectivity index (χ3n) is 3.19. The van der Waals surface area contributed by atoms with Gasteiger partial charge in [0, 0.05) is 42.9 Å². The van der Waals surface area contributed by atoms with Crippen molar-refractivity contribution in [3.8, 4) is 11.8 Å². The molecule has 25 heavy (non-hydrogen) atoms. The third-order valence-corrected chi connectivity index (χ3v) is 3.19. The summed E-state index contributed by atoms with van der Waals surface area (Å²) in [6.45, 7) is 13.5. The molecule has 6 heteroatoms. The summed E-state index contributed by atoms with van der Waals surface area (Å²) in [5.41, 5.74) is 2.41. The fourth-order valence-corrected chi connectivity index (χ4v) is 2.13. The van der Waals surface area contributed by atoms with Crippen molar-refractivity contribution in [2.45, 2.75) is 33.0 Å². The van der Waals surface area contributed by atoms with Gasteiger partial charge in [0.2, 0.25) is 0 Å². The molecule has 0 aromatic heterocycles. The molecule has 0 aromatic carbocycles. The van der Waals surface area contributed by atoms with Gasteiger partial charge in [-0.15, -0.1) is 0 Å². The molecule has 0 fully saturated rings. The summed E-state index contributed by atoms with van der Waals surface area (Å²) in [6.07, 6.45) is 6.26. The highest BCUT2D eigenvalue weighted by Gasteiger charge is 2.16. The molecule has 1 aliphatic rings. The first-order valence-electron chi connectivity index (χ1n) is 7.88. The van der Waals surface area contributed by atoms with Crippen molar-refractivity contribution in [3.05, 3.63) is 48.0 Å². The van der Waals surface area contributed by atoms with Crippen LogP contribution >= 0.6 is 0 Å². The average molecular weight is 342 g/mol. The highest BCUT2D eigenvalue weighted by atomic mass is 16.5. The molecule has 0 aliphatic carbocycles. The van der Waals surface area contributed by atoms with Crippen LogP contribution in [0.25, 0.3) is 0 Å². The van der Waals surface area contributed by atoms with Crippen molar-refractivity contribution in [3.63, 3.8) is 0 Å². The topological polar surface area (TPSA) is 69.5 Å². The first kappa shape index (κ1) is 20.6. The number of aliphatic hydroxyl groups excluding tert-OH is 1. The van der Waals surface area contributed by atoms with E-state index in [9.17, 15) is 5.11 Å². The SMILES string of the molecule is C=NN1C(C)=CC(C)=N/C1=C\C(O)NC(C)/C=C\C(=C)C#CCOC. The number of allylic oxidation sites excluding steroid dienone is 4. The quantitative estimate of drug-likeness (QED) is 0.322. The summed E-state index contributed by atoms with van der Waals surface area (Å²) in [5.74, 6) is 6.23. The molecule has 1 rings (SSSR count). The van der Waals surface area contributed by atoms with Crippen LogP contribution in [0.3, 0.4) is 0 Å². The van der Waals surface area contributed by atoms with Gasteiger partial charge >= 0.3 is 0 Å². The van der Waals surface area contributed by atoms with Crippen LogP contribution in [0.4, 0.5) is 0 Å². The van der Waals surface area contributed by atoms with Gasteiger partial charge in [-0.05, 0) is 32.9 Å². The van der Waals surface area contributed by atoms with Crippen LogP contribution in [0, 0.1) is 11.8 Å². The summed E-state index contributed by atoms with van der Waals surface area (Å²) in [6, 6.07) is -0.0942. The molecule has 2 atom stereocenters. The van der Waals surface area contributed by atoms with Gasteiger partial charge in [0.25, 0.3) is 0 Å². The third kappa shape index (κ3) is 7.31. The van der Waals surface area contributed by atoms with E-state index < -0.39 is 6.23 Å². The Bertz CT molecular complexity index is 677. The Balaban J connectivity index is 2.68. The summed E-state index contributed by atoms with van der Waals surface area (Å²) >= 11 is 0. The molecule has 6 nitrogen and oxygen atoms in total. The minimum Gasteiger partial charge on any atom is -0.375 e. The number of nitrogens with one attached hydrogen (secondary N) is 1. The van der Waals surface area contributed by atoms with E-state index in [2.05, 4.69) is 40.5 Å². The van der Waals surface area contributed by atoms with Crippen LogP contribution in [0.5, 0.6) is 0 Å². The Morgan fingerprint density at radius 2 is 2.28 bits per heavy atom. The average Bonchev–Trinajstić information content (AvgIpc) is 2.52. The van der Waals surface area contributed by atoms with E-state index in [-0.39, 0.29) is 6.04 Å². The second-order valence-electron chi connectivity index (χ2n) is 5.54. The van der Waals surface area contributed by atoms with Gasteiger partial charge in [0.1, 0.15) is 12.8 Å². The largest absolute Gasteiger partial charge is 0.375 e. The van der Waals surface area contributed by atoms with Crippen LogP contribution in [-0.4, -0.2) is 48.5 Å². The monoisotopic (exact) mass is 342 g/mol. The standard InChI is InChI=1S/C19H26N4O2/c1-14(8-7-11-25-6)9-10-15(2)22-19(24)13-18-21-16(3)12-17(4)23(18)20-5/h9-10,12-13,15,19,22,24H,1,5,11H2,2-4,6H3/b10-9-,18-13+. The highest BCUT2D eigenvalue weighted by molar-refractivity contribution is 5.94. The lowest BCUT2D eigenvalue weighted by molar-refractivity contribution is 0.174. The zero-order valence-electron chi connectivity index (χ0n) is 15.3. The summed E-state index contributed by atoms with van der Waals surface area (Å²) < 4.78 is 4.85. The molecular formula is C19H26N4O2. The van der Waals surface area contributed by atoms with Crippen molar-refractivity contribution >= 4 is 12.4 Å². The molecule has 134 valence electrons. The van der Waals surface area contributed by atoms with Crippen LogP contribution in [0.1, 0.15) is 20.8 Å². The Morgan fingerprint density at radius 3 is 2.92 bits per heavy atom. The van der Waals surface area contributed by atoms with E-state index in [1.165, 1.54) is 0 Å². The number of nitrogens with zero attached hydrogens (tertiary/aromatic N) is 3. The molecular weight excluding hydrogens is 316 g/mol. The van der Waals surface area contributed by atoms with Crippen LogP contribution in [0.2, 0.25) is 0 Å². The van der Waals surface area contributed by atoms with E-state index in [0.717, 1.165) is 11.4 Å². The Hall–Kier alpha value is -2.46. The Kier molecular flexibility index (Phi) is 8.57. The number of rotatable bonds is 7. The molecule has 1 aliphatic heterocycles. The lowest BCUT2D eigenvalue weighted by atomic mass is 10.2. The number of hydrogen-bond acceptors (Lipinski definition) is 6. The van der Waals surface area contributed by atoms with Gasteiger partial charge in [-0.2, -0.15) is 5.10 Å². The van der Waals surface area contributed by atoms with Crippen molar-refractivity contribution in [2.24, 2.45) is 10.1 Å². The molecule has 0 saturated carbocycles. The zero-order chi connectivity index (χ0) is 18.8. The van der Waals surface area contributed by atoms with Gasteiger partial charge in [-0.3, -0.25) is 5.32 Å². The number of hydrogen-bond donors (Lipinski definition) is 2. The maximum absolute atomic E-state index is 10.2. The van der Waals surface area contributed by atoms with Crippen molar-refractivity contribution in [2.75, 3.05) is 13.7 Å². The normalized spacial score (nSPS) is 18.3. The second kappa shape index (κ2) is 10.4. The molecule has 1 heterocycles. The number of hydrazone groups is 1. The smallest absolute Gasteiger partial charge is 0.153 e.